The Morgan fingerprint density at radius 2 is 1.13 bits per heavy atom. The molecule has 10 aromatic carbocycles. The maximum absolute atomic E-state index is 7.43. The summed E-state index contributed by atoms with van der Waals surface area (Å²) in [6, 6.07) is 78.3. The van der Waals surface area contributed by atoms with E-state index in [1.165, 1.54) is 27.8 Å². The van der Waals surface area contributed by atoms with Crippen LogP contribution in [-0.2, 0) is 21.7 Å². The Labute approximate surface area is 493 Å². The van der Waals surface area contributed by atoms with E-state index in [2.05, 4.69) is 296 Å². The molecule has 13 aromatic rings. The molecule has 0 atom stereocenters. The van der Waals surface area contributed by atoms with Crippen LogP contribution in [0.15, 0.2) is 223 Å². The molecule has 0 bridgehead atoms. The van der Waals surface area contributed by atoms with Crippen molar-refractivity contribution in [2.24, 2.45) is 0 Å². The Bertz CT molecular complexity index is 4640. The number of nitrogens with zero attached hydrogens (tertiary/aromatic N) is 4. The normalized spacial score (nSPS) is 14.2. The summed E-state index contributed by atoms with van der Waals surface area (Å²) in [6.45, 7) is 23.4. The minimum atomic E-state index is -0.253. The first-order valence-corrected chi connectivity index (χ1v) is 29.6. The van der Waals surface area contributed by atoms with E-state index in [1.807, 2.05) is 12.1 Å². The van der Waals surface area contributed by atoms with Crippen LogP contribution in [0.1, 0.15) is 104 Å². The standard InChI is InChI=1S/C78H70N4O2/c1-75(2,3)54-37-40-65(61(46-54)52-29-18-13-19-30-52)82-72-64(39-38-63-70(72)78(9,10)42-41-77(63,7)8)79-74(82)53-43-55(76(4,5)6)45-56(44-53)83-57-47-62-60-31-20-23-36-69(60)84-73(62)68(48-57)80-49-81(67-35-22-21-34-66(67)80)71-58(50-25-14-11-15-26-50)32-24-33-59(71)51-27-16-12-17-28-51/h11-40,43-48H,41-42H2,1-10H3. The number of hydrogen-bond donors (Lipinski definition) is 0. The first-order chi connectivity index (χ1) is 40.4. The summed E-state index contributed by atoms with van der Waals surface area (Å²) in [4.78, 5) is 5.77. The second-order valence-electron chi connectivity index (χ2n) is 26.5. The number of benzene rings is 10. The third kappa shape index (κ3) is 9.02. The highest BCUT2D eigenvalue weighted by Gasteiger charge is 2.40. The van der Waals surface area contributed by atoms with Crippen molar-refractivity contribution in [3.05, 3.63) is 247 Å². The average molecular weight is 1100 g/mol. The average Bonchev–Trinajstić information content (AvgIpc) is 2.62. The van der Waals surface area contributed by atoms with Gasteiger partial charge in [0.1, 0.15) is 34.2 Å². The SMILES string of the molecule is CC(C)(C)c1cc(Oc2cc(-[n+]3[c-]n(-c4c(-c5ccccc5)cccc4-c4ccccc4)c4ccccc43)c3oc4ccccc4c3c2)cc(-c2nc3ccc4c(c3n2-c2ccc(C(C)(C)C)cc2-c2ccccc2)C(C)(C)CCC4(C)C)c1. The van der Waals surface area contributed by atoms with E-state index < -0.39 is 0 Å². The molecule has 1 aliphatic rings. The van der Waals surface area contributed by atoms with Crippen molar-refractivity contribution in [1.82, 2.24) is 14.1 Å². The van der Waals surface area contributed by atoms with E-state index in [-0.39, 0.29) is 21.7 Å². The highest BCUT2D eigenvalue weighted by molar-refractivity contribution is 6.07. The van der Waals surface area contributed by atoms with Crippen molar-refractivity contribution >= 4 is 44.0 Å². The fraction of sp³-hybridized carbons (Fsp3) is 0.205. The van der Waals surface area contributed by atoms with Gasteiger partial charge in [0.05, 0.1) is 33.4 Å². The summed E-state index contributed by atoms with van der Waals surface area (Å²) in [5, 5.41) is 1.95. The minimum absolute atomic E-state index is 0.0111. The van der Waals surface area contributed by atoms with E-state index >= 15 is 0 Å². The van der Waals surface area contributed by atoms with Crippen molar-refractivity contribution in [1.29, 1.82) is 0 Å². The topological polar surface area (TPSA) is 49.0 Å². The largest absolute Gasteiger partial charge is 0.460 e. The molecule has 0 fully saturated rings. The van der Waals surface area contributed by atoms with Gasteiger partial charge in [-0.3, -0.25) is 13.7 Å². The van der Waals surface area contributed by atoms with E-state index in [0.717, 1.165) is 113 Å². The van der Waals surface area contributed by atoms with Gasteiger partial charge in [0.2, 0.25) is 0 Å². The summed E-state index contributed by atoms with van der Waals surface area (Å²) >= 11 is 0. The van der Waals surface area contributed by atoms with Gasteiger partial charge in [-0.2, -0.15) is 0 Å². The van der Waals surface area contributed by atoms with Crippen molar-refractivity contribution in [3.63, 3.8) is 0 Å². The molecule has 0 spiro atoms. The molecule has 3 heterocycles. The summed E-state index contributed by atoms with van der Waals surface area (Å²) in [5.41, 5.74) is 21.1. The fourth-order valence-corrected chi connectivity index (χ4v) is 13.0. The second-order valence-corrected chi connectivity index (χ2v) is 26.5. The molecule has 1 aliphatic carbocycles. The number of aromatic nitrogens is 4. The molecule has 0 saturated carbocycles. The molecule has 3 aromatic heterocycles. The maximum atomic E-state index is 7.43. The Kier molecular flexibility index (Phi) is 12.4. The summed E-state index contributed by atoms with van der Waals surface area (Å²) in [7, 11) is 0. The van der Waals surface area contributed by atoms with Crippen LogP contribution in [0.2, 0.25) is 0 Å². The zero-order valence-corrected chi connectivity index (χ0v) is 49.8. The van der Waals surface area contributed by atoms with Gasteiger partial charge in [0.25, 0.3) is 6.33 Å². The first-order valence-electron chi connectivity index (χ1n) is 29.6. The monoisotopic (exact) mass is 1090 g/mol. The molecule has 14 rings (SSSR count). The van der Waals surface area contributed by atoms with E-state index in [0.29, 0.717) is 11.5 Å². The predicted molar refractivity (Wildman–Crippen MR) is 346 cm³/mol. The van der Waals surface area contributed by atoms with Crippen LogP contribution < -0.4 is 9.30 Å². The number of hydrogen-bond acceptors (Lipinski definition) is 3. The van der Waals surface area contributed by atoms with Crippen LogP contribution in [0.4, 0.5) is 0 Å². The summed E-state index contributed by atoms with van der Waals surface area (Å²) in [6.07, 6.45) is 6.12. The van der Waals surface area contributed by atoms with Gasteiger partial charge < -0.3 is 9.15 Å². The number of imidazole rings is 2. The number of para-hydroxylation sites is 4. The van der Waals surface area contributed by atoms with Crippen LogP contribution in [-0.4, -0.2) is 14.1 Å². The second kappa shape index (κ2) is 19.7. The predicted octanol–water partition coefficient (Wildman–Crippen LogP) is 20.3. The molecule has 6 heteroatoms. The fourth-order valence-electron chi connectivity index (χ4n) is 13.0. The molecule has 0 radical (unpaired) electrons. The molecule has 0 unspecified atom stereocenters. The molecule has 0 saturated heterocycles. The molecular formula is C78H70N4O2. The van der Waals surface area contributed by atoms with E-state index in [9.17, 15) is 0 Å². The lowest BCUT2D eigenvalue weighted by molar-refractivity contribution is -0.571. The zero-order chi connectivity index (χ0) is 57.9. The van der Waals surface area contributed by atoms with Crippen molar-refractivity contribution < 1.29 is 13.7 Å². The highest BCUT2D eigenvalue weighted by atomic mass is 16.5. The number of ether oxygens (including phenoxy) is 1. The van der Waals surface area contributed by atoms with E-state index in [1.54, 1.807) is 0 Å². The van der Waals surface area contributed by atoms with Gasteiger partial charge in [-0.1, -0.05) is 233 Å². The number of fused-ring (bicyclic) bond motifs is 7. The van der Waals surface area contributed by atoms with Crippen molar-refractivity contribution in [2.75, 3.05) is 0 Å². The summed E-state index contributed by atoms with van der Waals surface area (Å²) in [5.74, 6) is 2.25. The van der Waals surface area contributed by atoms with Crippen LogP contribution in [0.5, 0.6) is 11.5 Å². The van der Waals surface area contributed by atoms with E-state index in [4.69, 9.17) is 14.1 Å². The minimum Gasteiger partial charge on any atom is -0.460 e. The lowest BCUT2D eigenvalue weighted by atomic mass is 9.63. The molecule has 0 amide bonds. The number of furan rings is 1. The van der Waals surface area contributed by atoms with Gasteiger partial charge >= 0.3 is 0 Å². The molecule has 84 heavy (non-hydrogen) atoms. The van der Waals surface area contributed by atoms with Gasteiger partial charge in [-0.25, -0.2) is 4.98 Å². The number of rotatable bonds is 9. The smallest absolute Gasteiger partial charge is 0.270 e. The lowest BCUT2D eigenvalue weighted by Crippen LogP contribution is -2.34. The van der Waals surface area contributed by atoms with Gasteiger partial charge in [-0.15, -0.1) is 0 Å². The van der Waals surface area contributed by atoms with Crippen LogP contribution in [0, 0.1) is 6.33 Å². The molecule has 0 aliphatic heterocycles. The molecular weight excluding hydrogens is 1020 g/mol. The van der Waals surface area contributed by atoms with Gasteiger partial charge in [0, 0.05) is 21.9 Å². The van der Waals surface area contributed by atoms with Gasteiger partial charge in [0.15, 0.2) is 0 Å². The first kappa shape index (κ1) is 52.8. The van der Waals surface area contributed by atoms with Crippen molar-refractivity contribution in [3.8, 4) is 73.3 Å². The Morgan fingerprint density at radius 3 is 1.81 bits per heavy atom. The van der Waals surface area contributed by atoms with Crippen molar-refractivity contribution in [2.45, 2.75) is 104 Å². The Hall–Kier alpha value is -9.26. The quantitative estimate of drug-likeness (QED) is 0.107. The lowest BCUT2D eigenvalue weighted by Gasteiger charge is -2.42. The molecule has 414 valence electrons. The third-order valence-corrected chi connectivity index (χ3v) is 17.7. The molecule has 6 nitrogen and oxygen atoms in total. The third-order valence-electron chi connectivity index (χ3n) is 17.7. The molecule has 0 N–H and O–H groups in total. The van der Waals surface area contributed by atoms with Gasteiger partial charge in [-0.05, 0) is 139 Å². The van der Waals surface area contributed by atoms with Crippen LogP contribution in [0.3, 0.4) is 0 Å². The summed E-state index contributed by atoms with van der Waals surface area (Å²) < 4.78 is 21.2. The Balaban J connectivity index is 1.00. The maximum Gasteiger partial charge on any atom is 0.270 e. The Morgan fingerprint density at radius 1 is 0.524 bits per heavy atom. The zero-order valence-electron chi connectivity index (χ0n) is 49.8. The van der Waals surface area contributed by atoms with Crippen LogP contribution >= 0.6 is 0 Å². The van der Waals surface area contributed by atoms with Crippen LogP contribution in [0.25, 0.3) is 106 Å². The highest BCUT2D eigenvalue weighted by Crippen LogP contribution is 2.51.